The third-order valence-corrected chi connectivity index (χ3v) is 3.60. The van der Waals surface area contributed by atoms with Gasteiger partial charge in [-0.25, -0.2) is 4.98 Å². The molecule has 3 N–H and O–H groups in total. The van der Waals surface area contributed by atoms with Gasteiger partial charge < -0.3 is 15.7 Å². The molecule has 5 nitrogen and oxygen atoms in total. The Kier molecular flexibility index (Phi) is 7.01. The van der Waals surface area contributed by atoms with E-state index < -0.39 is 0 Å². The molecule has 25 heavy (non-hydrogen) atoms. The van der Waals surface area contributed by atoms with Crippen LogP contribution in [-0.4, -0.2) is 28.2 Å². The molecule has 0 unspecified atom stereocenters. The minimum Gasteiger partial charge on any atom is -0.510 e. The van der Waals surface area contributed by atoms with Crippen LogP contribution in [0.1, 0.15) is 31.0 Å². The molecule has 1 aromatic heterocycles. The quantitative estimate of drug-likeness (QED) is 0.355. The Morgan fingerprint density at radius 3 is 2.68 bits per heavy atom. The Balaban J connectivity index is 1.95. The molecule has 0 saturated carbocycles. The van der Waals surface area contributed by atoms with E-state index in [1.807, 2.05) is 43.3 Å². The first-order valence-corrected chi connectivity index (χ1v) is 8.55. The molecule has 132 valence electrons. The lowest BCUT2D eigenvalue weighted by atomic mass is 10.1. The fourth-order valence-electron chi connectivity index (χ4n) is 2.29. The second kappa shape index (κ2) is 9.47. The lowest BCUT2D eigenvalue weighted by Crippen LogP contribution is -2.11. The summed E-state index contributed by atoms with van der Waals surface area (Å²) in [5.41, 5.74) is 2.60. The van der Waals surface area contributed by atoms with Gasteiger partial charge in [-0.05, 0) is 30.6 Å². The second-order valence-electron chi connectivity index (χ2n) is 5.88. The molecular weight excluding hydrogens is 312 g/mol. The Hall–Kier alpha value is -2.82. The summed E-state index contributed by atoms with van der Waals surface area (Å²) in [5, 5.41) is 16.5. The van der Waals surface area contributed by atoms with Crippen molar-refractivity contribution in [3.05, 3.63) is 66.1 Å². The highest BCUT2D eigenvalue weighted by Gasteiger charge is 2.04. The van der Waals surface area contributed by atoms with Gasteiger partial charge in [0.05, 0.1) is 6.54 Å². The molecule has 0 aliphatic rings. The highest BCUT2D eigenvalue weighted by Crippen LogP contribution is 2.15. The van der Waals surface area contributed by atoms with E-state index >= 15 is 0 Å². The highest BCUT2D eigenvalue weighted by molar-refractivity contribution is 5.72. The highest BCUT2D eigenvalue weighted by atomic mass is 16.3. The molecule has 0 fully saturated rings. The molecule has 0 aliphatic carbocycles. The number of aromatic nitrogens is 2. The number of aryl methyl sites for hydroxylation is 1. The van der Waals surface area contributed by atoms with E-state index in [1.165, 1.54) is 0 Å². The zero-order valence-corrected chi connectivity index (χ0v) is 14.9. The molecular formula is C20H26N4O. The van der Waals surface area contributed by atoms with Crippen molar-refractivity contribution in [1.29, 1.82) is 0 Å². The number of aliphatic hydroxyl groups is 1. The largest absolute Gasteiger partial charge is 0.510 e. The third kappa shape index (κ3) is 6.30. The zero-order chi connectivity index (χ0) is 18.1. The number of anilines is 2. The second-order valence-corrected chi connectivity index (χ2v) is 5.88. The van der Waals surface area contributed by atoms with Gasteiger partial charge in [0, 0.05) is 18.3 Å². The number of aliphatic hydroxyl groups excluding tert-OH is 1. The van der Waals surface area contributed by atoms with Crippen molar-refractivity contribution in [2.24, 2.45) is 0 Å². The van der Waals surface area contributed by atoms with Gasteiger partial charge in [0.25, 0.3) is 0 Å². The Bertz CT molecular complexity index is 726. The summed E-state index contributed by atoms with van der Waals surface area (Å²) in [5.74, 6) is 1.46. The van der Waals surface area contributed by atoms with Gasteiger partial charge >= 0.3 is 0 Å². The van der Waals surface area contributed by atoms with Crippen LogP contribution in [0.15, 0.2) is 54.8 Å². The van der Waals surface area contributed by atoms with Crippen molar-refractivity contribution in [1.82, 2.24) is 9.97 Å². The minimum atomic E-state index is 0.180. The molecule has 2 rings (SSSR count). The average molecular weight is 338 g/mol. The van der Waals surface area contributed by atoms with Crippen molar-refractivity contribution < 1.29 is 5.11 Å². The van der Waals surface area contributed by atoms with Crippen molar-refractivity contribution in [2.75, 3.05) is 23.7 Å². The number of allylic oxidation sites excluding steroid dienone is 2. The monoisotopic (exact) mass is 338 g/mol. The normalized spacial score (nSPS) is 11.2. The lowest BCUT2D eigenvalue weighted by Gasteiger charge is -2.10. The Morgan fingerprint density at radius 2 is 1.96 bits per heavy atom. The fourth-order valence-corrected chi connectivity index (χ4v) is 2.29. The molecule has 0 spiro atoms. The maximum Gasteiger partial charge on any atom is 0.225 e. The van der Waals surface area contributed by atoms with Crippen LogP contribution in [0.25, 0.3) is 5.57 Å². The van der Waals surface area contributed by atoms with Crippen LogP contribution >= 0.6 is 0 Å². The van der Waals surface area contributed by atoms with E-state index in [1.54, 1.807) is 6.08 Å². The molecule has 0 saturated heterocycles. The predicted molar refractivity (Wildman–Crippen MR) is 105 cm³/mol. The molecule has 1 aromatic carbocycles. The summed E-state index contributed by atoms with van der Waals surface area (Å²) in [7, 11) is 0. The van der Waals surface area contributed by atoms with Gasteiger partial charge in [-0.2, -0.15) is 4.98 Å². The van der Waals surface area contributed by atoms with Gasteiger partial charge in [-0.3, -0.25) is 0 Å². The summed E-state index contributed by atoms with van der Waals surface area (Å²) >= 11 is 0. The average Bonchev–Trinajstić information content (AvgIpc) is 2.60. The fraction of sp³-hybridized carbons (Fsp3) is 0.300. The van der Waals surface area contributed by atoms with E-state index in [9.17, 15) is 5.11 Å². The summed E-state index contributed by atoms with van der Waals surface area (Å²) in [6, 6.07) is 11.7. The van der Waals surface area contributed by atoms with Crippen LogP contribution in [0, 0.1) is 6.92 Å². The molecule has 0 amide bonds. The molecule has 0 atom stereocenters. The van der Waals surface area contributed by atoms with Crippen molar-refractivity contribution in [3.8, 4) is 0 Å². The van der Waals surface area contributed by atoms with Crippen LogP contribution in [0.3, 0.4) is 0 Å². The SMILES string of the molecule is C=C(/C=C(\O)CNc1nc(C)cc(NCCCC)n1)c1ccccc1. The van der Waals surface area contributed by atoms with Crippen LogP contribution < -0.4 is 10.6 Å². The van der Waals surface area contributed by atoms with Crippen LogP contribution in [0.2, 0.25) is 0 Å². The Labute approximate surface area is 149 Å². The summed E-state index contributed by atoms with van der Waals surface area (Å²) in [4.78, 5) is 8.77. The van der Waals surface area contributed by atoms with Gasteiger partial charge in [-0.1, -0.05) is 50.3 Å². The van der Waals surface area contributed by atoms with E-state index in [-0.39, 0.29) is 12.3 Å². The van der Waals surface area contributed by atoms with Gasteiger partial charge in [0.1, 0.15) is 11.6 Å². The van der Waals surface area contributed by atoms with E-state index in [0.29, 0.717) is 5.95 Å². The molecule has 0 bridgehead atoms. The predicted octanol–water partition coefficient (Wildman–Crippen LogP) is 4.56. The smallest absolute Gasteiger partial charge is 0.225 e. The first-order chi connectivity index (χ1) is 12.1. The number of benzene rings is 1. The first kappa shape index (κ1) is 18.5. The van der Waals surface area contributed by atoms with Crippen LogP contribution in [-0.2, 0) is 0 Å². The van der Waals surface area contributed by atoms with Crippen LogP contribution in [0.4, 0.5) is 11.8 Å². The topological polar surface area (TPSA) is 70.1 Å². The standard InChI is InChI=1S/C20H26N4O/c1-4-5-11-21-19-13-16(3)23-20(24-19)22-14-18(25)12-15(2)17-9-7-6-8-10-17/h6-10,12-13,25H,2,4-5,11,14H2,1,3H3,(H2,21,22,23,24)/b18-12-. The number of hydrogen-bond acceptors (Lipinski definition) is 5. The van der Waals surface area contributed by atoms with Crippen molar-refractivity contribution >= 4 is 17.3 Å². The molecule has 5 heteroatoms. The number of rotatable bonds is 9. The van der Waals surface area contributed by atoms with Gasteiger partial charge in [-0.15, -0.1) is 0 Å². The molecule has 0 aliphatic heterocycles. The van der Waals surface area contributed by atoms with Crippen LogP contribution in [0.5, 0.6) is 0 Å². The van der Waals surface area contributed by atoms with Gasteiger partial charge in [0.15, 0.2) is 0 Å². The Morgan fingerprint density at radius 1 is 1.20 bits per heavy atom. The number of hydrogen-bond donors (Lipinski definition) is 3. The number of unbranched alkanes of at least 4 members (excludes halogenated alkanes) is 1. The lowest BCUT2D eigenvalue weighted by molar-refractivity contribution is 0.408. The van der Waals surface area contributed by atoms with E-state index in [0.717, 1.165) is 42.0 Å². The maximum absolute atomic E-state index is 10.1. The third-order valence-electron chi connectivity index (χ3n) is 3.60. The van der Waals surface area contributed by atoms with E-state index in [4.69, 9.17) is 0 Å². The molecule has 0 radical (unpaired) electrons. The summed E-state index contributed by atoms with van der Waals surface area (Å²) in [6.45, 7) is 9.18. The molecule has 2 aromatic rings. The van der Waals surface area contributed by atoms with E-state index in [2.05, 4.69) is 34.1 Å². The number of nitrogens with zero attached hydrogens (tertiary/aromatic N) is 2. The first-order valence-electron chi connectivity index (χ1n) is 8.55. The molecule has 1 heterocycles. The van der Waals surface area contributed by atoms with Gasteiger partial charge in [0.2, 0.25) is 5.95 Å². The zero-order valence-electron chi connectivity index (χ0n) is 14.9. The summed E-state index contributed by atoms with van der Waals surface area (Å²) in [6.07, 6.45) is 3.88. The minimum absolute atomic E-state index is 0.180. The van der Waals surface area contributed by atoms with Crippen molar-refractivity contribution in [2.45, 2.75) is 26.7 Å². The number of nitrogens with one attached hydrogen (secondary N) is 2. The summed E-state index contributed by atoms with van der Waals surface area (Å²) < 4.78 is 0. The van der Waals surface area contributed by atoms with Crippen molar-refractivity contribution in [3.63, 3.8) is 0 Å². The maximum atomic E-state index is 10.1.